The Morgan fingerprint density at radius 2 is 1.57 bits per heavy atom. The summed E-state index contributed by atoms with van der Waals surface area (Å²) in [7, 11) is 0. The maximum absolute atomic E-state index is 12.6. The Bertz CT molecular complexity index is 986. The van der Waals surface area contributed by atoms with E-state index in [-0.39, 0.29) is 11.8 Å². The van der Waals surface area contributed by atoms with Gasteiger partial charge in [0.2, 0.25) is 5.91 Å². The second-order valence-corrected chi connectivity index (χ2v) is 6.94. The summed E-state index contributed by atoms with van der Waals surface area (Å²) in [6.45, 7) is 2.49. The molecule has 0 unspecified atom stereocenters. The van der Waals surface area contributed by atoms with Crippen LogP contribution in [0.5, 0.6) is 5.75 Å². The van der Waals surface area contributed by atoms with E-state index in [1.807, 2.05) is 31.2 Å². The number of carbonyl (C=O) groups excluding carboxylic acids is 2. The third kappa shape index (κ3) is 6.48. The van der Waals surface area contributed by atoms with Crippen LogP contribution in [0.4, 0.5) is 11.4 Å². The molecule has 0 aliphatic heterocycles. The van der Waals surface area contributed by atoms with Gasteiger partial charge in [-0.2, -0.15) is 0 Å². The van der Waals surface area contributed by atoms with E-state index in [0.717, 1.165) is 12.8 Å². The molecule has 5 nitrogen and oxygen atoms in total. The number of ether oxygens (including phenoxy) is 1. The fourth-order valence-corrected chi connectivity index (χ4v) is 2.99. The number of anilines is 2. The van der Waals surface area contributed by atoms with Crippen LogP contribution in [0.15, 0.2) is 78.9 Å². The van der Waals surface area contributed by atoms with E-state index in [1.165, 1.54) is 5.56 Å². The Morgan fingerprint density at radius 3 is 2.33 bits per heavy atom. The van der Waals surface area contributed by atoms with Gasteiger partial charge in [-0.15, -0.1) is 0 Å². The SMILES string of the molecule is CCCC(=O)Nc1cccc(NC(=O)c2cccc(OCCc3ccccc3)c2)c1. The van der Waals surface area contributed by atoms with Gasteiger partial charge in [-0.3, -0.25) is 9.59 Å². The second kappa shape index (κ2) is 10.8. The van der Waals surface area contributed by atoms with Gasteiger partial charge in [0.25, 0.3) is 5.91 Å². The van der Waals surface area contributed by atoms with Crippen LogP contribution >= 0.6 is 0 Å². The van der Waals surface area contributed by atoms with Gasteiger partial charge in [0.1, 0.15) is 5.75 Å². The molecule has 0 fully saturated rings. The molecule has 0 aliphatic carbocycles. The van der Waals surface area contributed by atoms with Gasteiger partial charge in [0.05, 0.1) is 6.61 Å². The summed E-state index contributed by atoms with van der Waals surface area (Å²) in [5.74, 6) is 0.376. The number of rotatable bonds is 9. The normalized spacial score (nSPS) is 10.3. The highest BCUT2D eigenvalue weighted by Crippen LogP contribution is 2.19. The summed E-state index contributed by atoms with van der Waals surface area (Å²) in [5.41, 5.74) is 2.99. The molecule has 0 aromatic heterocycles. The Balaban J connectivity index is 1.58. The Hall–Kier alpha value is -3.60. The third-order valence-electron chi connectivity index (χ3n) is 4.48. The summed E-state index contributed by atoms with van der Waals surface area (Å²) in [5, 5.41) is 5.70. The summed E-state index contributed by atoms with van der Waals surface area (Å²) < 4.78 is 5.81. The number of nitrogens with one attached hydrogen (secondary N) is 2. The van der Waals surface area contributed by atoms with Crippen LogP contribution in [-0.4, -0.2) is 18.4 Å². The summed E-state index contributed by atoms with van der Waals surface area (Å²) in [6.07, 6.45) is 2.05. The van der Waals surface area contributed by atoms with Crippen molar-refractivity contribution in [3.05, 3.63) is 90.0 Å². The molecule has 0 radical (unpaired) electrons. The first-order chi connectivity index (χ1) is 14.6. The van der Waals surface area contributed by atoms with Crippen LogP contribution in [0.3, 0.4) is 0 Å². The molecule has 0 aliphatic rings. The lowest BCUT2D eigenvalue weighted by molar-refractivity contribution is -0.116. The quantitative estimate of drug-likeness (QED) is 0.510. The zero-order valence-electron chi connectivity index (χ0n) is 17.1. The molecule has 3 aromatic rings. The molecule has 30 heavy (non-hydrogen) atoms. The predicted octanol–water partition coefficient (Wildman–Crippen LogP) is 5.30. The molecule has 0 saturated heterocycles. The van der Waals surface area contributed by atoms with Crippen LogP contribution in [0.25, 0.3) is 0 Å². The van der Waals surface area contributed by atoms with Crippen molar-refractivity contribution in [2.24, 2.45) is 0 Å². The molecule has 154 valence electrons. The van der Waals surface area contributed by atoms with Crippen molar-refractivity contribution in [1.29, 1.82) is 0 Å². The number of hydrogen-bond donors (Lipinski definition) is 2. The highest BCUT2D eigenvalue weighted by Gasteiger charge is 2.09. The van der Waals surface area contributed by atoms with E-state index in [1.54, 1.807) is 42.5 Å². The van der Waals surface area contributed by atoms with Gasteiger partial charge in [-0.1, -0.05) is 49.4 Å². The van der Waals surface area contributed by atoms with Crippen molar-refractivity contribution in [2.75, 3.05) is 17.2 Å². The third-order valence-corrected chi connectivity index (χ3v) is 4.48. The van der Waals surface area contributed by atoms with E-state index in [9.17, 15) is 9.59 Å². The van der Waals surface area contributed by atoms with Gasteiger partial charge >= 0.3 is 0 Å². The van der Waals surface area contributed by atoms with E-state index in [0.29, 0.717) is 35.7 Å². The van der Waals surface area contributed by atoms with Crippen LogP contribution < -0.4 is 15.4 Å². The molecule has 0 spiro atoms. The average Bonchev–Trinajstić information content (AvgIpc) is 2.75. The number of amides is 2. The lowest BCUT2D eigenvalue weighted by atomic mass is 10.1. The molecule has 5 heteroatoms. The van der Waals surface area contributed by atoms with Gasteiger partial charge in [0.15, 0.2) is 0 Å². The van der Waals surface area contributed by atoms with Crippen molar-refractivity contribution >= 4 is 23.2 Å². The van der Waals surface area contributed by atoms with Gasteiger partial charge in [-0.25, -0.2) is 0 Å². The van der Waals surface area contributed by atoms with Crippen LogP contribution in [-0.2, 0) is 11.2 Å². The average molecular weight is 402 g/mol. The monoisotopic (exact) mass is 402 g/mol. The smallest absolute Gasteiger partial charge is 0.255 e. The van der Waals surface area contributed by atoms with Crippen LogP contribution in [0, 0.1) is 0 Å². The van der Waals surface area contributed by atoms with Crippen molar-refractivity contribution in [1.82, 2.24) is 0 Å². The topological polar surface area (TPSA) is 67.4 Å². The molecule has 0 saturated carbocycles. The van der Waals surface area contributed by atoms with Crippen LogP contribution in [0.2, 0.25) is 0 Å². The zero-order valence-corrected chi connectivity index (χ0v) is 17.1. The number of benzene rings is 3. The largest absolute Gasteiger partial charge is 0.493 e. The van der Waals surface area contributed by atoms with Crippen molar-refractivity contribution in [3.8, 4) is 5.75 Å². The van der Waals surface area contributed by atoms with Gasteiger partial charge in [0, 0.05) is 29.8 Å². The highest BCUT2D eigenvalue weighted by atomic mass is 16.5. The fourth-order valence-electron chi connectivity index (χ4n) is 2.99. The molecular weight excluding hydrogens is 376 g/mol. The molecule has 3 rings (SSSR count). The lowest BCUT2D eigenvalue weighted by Gasteiger charge is -2.10. The summed E-state index contributed by atoms with van der Waals surface area (Å²) >= 11 is 0. The fraction of sp³-hybridized carbons (Fsp3) is 0.200. The standard InChI is InChI=1S/C25H26N2O3/c1-2-8-24(28)26-21-12-7-13-22(18-21)27-25(29)20-11-6-14-23(17-20)30-16-15-19-9-4-3-5-10-19/h3-7,9-14,17-18H,2,8,15-16H2,1H3,(H,26,28)(H,27,29). The molecular formula is C25H26N2O3. The summed E-state index contributed by atoms with van der Waals surface area (Å²) in [4.78, 5) is 24.4. The van der Waals surface area contributed by atoms with E-state index in [4.69, 9.17) is 4.74 Å². The Morgan fingerprint density at radius 1 is 0.833 bits per heavy atom. The van der Waals surface area contributed by atoms with Gasteiger partial charge < -0.3 is 15.4 Å². The first-order valence-corrected chi connectivity index (χ1v) is 10.1. The maximum Gasteiger partial charge on any atom is 0.255 e. The molecule has 0 heterocycles. The van der Waals surface area contributed by atoms with Crippen molar-refractivity contribution < 1.29 is 14.3 Å². The minimum absolute atomic E-state index is 0.0404. The van der Waals surface area contributed by atoms with E-state index >= 15 is 0 Å². The van der Waals surface area contributed by atoms with Gasteiger partial charge in [-0.05, 0) is 48.4 Å². The Kier molecular flexibility index (Phi) is 7.61. The minimum atomic E-state index is -0.236. The van der Waals surface area contributed by atoms with E-state index < -0.39 is 0 Å². The lowest BCUT2D eigenvalue weighted by Crippen LogP contribution is -2.13. The molecule has 0 bridgehead atoms. The minimum Gasteiger partial charge on any atom is -0.493 e. The van der Waals surface area contributed by atoms with E-state index in [2.05, 4.69) is 22.8 Å². The molecule has 0 atom stereocenters. The van der Waals surface area contributed by atoms with Crippen molar-refractivity contribution in [2.45, 2.75) is 26.2 Å². The number of hydrogen-bond acceptors (Lipinski definition) is 3. The molecule has 2 N–H and O–H groups in total. The predicted molar refractivity (Wildman–Crippen MR) is 120 cm³/mol. The first-order valence-electron chi connectivity index (χ1n) is 10.1. The van der Waals surface area contributed by atoms with Crippen LogP contribution in [0.1, 0.15) is 35.7 Å². The first kappa shape index (κ1) is 21.1. The maximum atomic E-state index is 12.6. The second-order valence-electron chi connectivity index (χ2n) is 6.94. The zero-order chi connectivity index (χ0) is 21.2. The highest BCUT2D eigenvalue weighted by molar-refractivity contribution is 6.05. The summed E-state index contributed by atoms with van der Waals surface area (Å²) in [6, 6.07) is 24.3. The van der Waals surface area contributed by atoms with Crippen molar-refractivity contribution in [3.63, 3.8) is 0 Å². The Labute approximate surface area is 177 Å². The molecule has 2 amide bonds. The molecule has 3 aromatic carbocycles. The number of carbonyl (C=O) groups is 2.